The number of hydrogen-bond acceptors (Lipinski definition) is 4. The standard InChI is InChI=1S/C12H14F3N3O/c1-7-5-18-9(4-16-7)6-19-10-2-8(12(13,14)15)3-17-11(10)18/h2-3,7,9,16H,4-6H2,1H3/t7-,9-/m1/s1. The summed E-state index contributed by atoms with van der Waals surface area (Å²) >= 11 is 0. The third kappa shape index (κ3) is 2.22. The van der Waals surface area contributed by atoms with E-state index >= 15 is 0 Å². The highest BCUT2D eigenvalue weighted by Crippen LogP contribution is 2.38. The molecule has 0 spiro atoms. The van der Waals surface area contributed by atoms with E-state index in [2.05, 4.69) is 10.3 Å². The quantitative estimate of drug-likeness (QED) is 0.780. The Bertz CT molecular complexity index is 492. The molecule has 1 fully saturated rings. The molecule has 19 heavy (non-hydrogen) atoms. The van der Waals surface area contributed by atoms with Crippen molar-refractivity contribution in [3.05, 3.63) is 17.8 Å². The number of nitrogens with zero attached hydrogens (tertiary/aromatic N) is 2. The molecule has 0 saturated carbocycles. The molecule has 0 unspecified atom stereocenters. The summed E-state index contributed by atoms with van der Waals surface area (Å²) in [5.74, 6) is 0.734. The summed E-state index contributed by atoms with van der Waals surface area (Å²) in [6.07, 6.45) is -3.52. The van der Waals surface area contributed by atoms with Crippen LogP contribution in [-0.2, 0) is 6.18 Å². The SMILES string of the molecule is C[C@@H]1CN2c3ncc(C(F)(F)F)cc3OC[C@H]2CN1. The molecular weight excluding hydrogens is 259 g/mol. The van der Waals surface area contributed by atoms with Gasteiger partial charge in [0.05, 0.1) is 11.6 Å². The lowest BCUT2D eigenvalue weighted by Gasteiger charge is -2.43. The average molecular weight is 273 g/mol. The van der Waals surface area contributed by atoms with E-state index in [0.29, 0.717) is 12.4 Å². The topological polar surface area (TPSA) is 37.4 Å². The lowest BCUT2D eigenvalue weighted by Crippen LogP contribution is -2.59. The highest BCUT2D eigenvalue weighted by atomic mass is 19.4. The molecule has 4 nitrogen and oxygen atoms in total. The van der Waals surface area contributed by atoms with E-state index in [1.807, 2.05) is 11.8 Å². The van der Waals surface area contributed by atoms with Crippen LogP contribution in [0.1, 0.15) is 12.5 Å². The summed E-state index contributed by atoms with van der Waals surface area (Å²) in [4.78, 5) is 5.99. The van der Waals surface area contributed by atoms with E-state index in [4.69, 9.17) is 4.74 Å². The zero-order valence-electron chi connectivity index (χ0n) is 10.4. The van der Waals surface area contributed by atoms with Crippen LogP contribution in [0, 0.1) is 0 Å². The molecule has 3 rings (SSSR count). The molecule has 2 atom stereocenters. The number of aromatic nitrogens is 1. The monoisotopic (exact) mass is 273 g/mol. The molecule has 2 aliphatic heterocycles. The molecule has 0 aromatic carbocycles. The van der Waals surface area contributed by atoms with E-state index in [1.54, 1.807) is 0 Å². The molecule has 1 aromatic rings. The smallest absolute Gasteiger partial charge is 0.418 e. The summed E-state index contributed by atoms with van der Waals surface area (Å²) in [5, 5.41) is 3.32. The first-order chi connectivity index (χ1) is 8.95. The van der Waals surface area contributed by atoms with Crippen LogP contribution < -0.4 is 15.0 Å². The number of ether oxygens (including phenoxy) is 1. The zero-order valence-corrected chi connectivity index (χ0v) is 10.4. The first kappa shape index (κ1) is 12.5. The van der Waals surface area contributed by atoms with Crippen LogP contribution in [0.5, 0.6) is 5.75 Å². The van der Waals surface area contributed by atoms with E-state index < -0.39 is 11.7 Å². The molecule has 0 amide bonds. The van der Waals surface area contributed by atoms with E-state index in [9.17, 15) is 13.2 Å². The Balaban J connectivity index is 1.95. The van der Waals surface area contributed by atoms with Crippen LogP contribution in [0.25, 0.3) is 0 Å². The Morgan fingerprint density at radius 1 is 1.47 bits per heavy atom. The fourth-order valence-electron chi connectivity index (χ4n) is 2.46. The van der Waals surface area contributed by atoms with Crippen LogP contribution in [0.15, 0.2) is 12.3 Å². The van der Waals surface area contributed by atoms with Gasteiger partial charge in [-0.05, 0) is 13.0 Å². The second-order valence-corrected chi connectivity index (χ2v) is 4.97. The second-order valence-electron chi connectivity index (χ2n) is 4.97. The summed E-state index contributed by atoms with van der Waals surface area (Å²) in [6, 6.07) is 1.45. The fourth-order valence-corrected chi connectivity index (χ4v) is 2.46. The number of nitrogens with one attached hydrogen (secondary N) is 1. The summed E-state index contributed by atoms with van der Waals surface area (Å²) < 4.78 is 43.3. The lowest BCUT2D eigenvalue weighted by atomic mass is 10.1. The Morgan fingerprint density at radius 2 is 2.26 bits per heavy atom. The highest BCUT2D eigenvalue weighted by Gasteiger charge is 2.36. The van der Waals surface area contributed by atoms with Gasteiger partial charge in [0, 0.05) is 25.3 Å². The number of fused-ring (bicyclic) bond motifs is 3. The molecule has 0 radical (unpaired) electrons. The Kier molecular flexibility index (Phi) is 2.81. The van der Waals surface area contributed by atoms with Crippen LogP contribution in [0.4, 0.5) is 19.0 Å². The van der Waals surface area contributed by atoms with Gasteiger partial charge in [-0.2, -0.15) is 13.2 Å². The van der Waals surface area contributed by atoms with Crippen molar-refractivity contribution in [1.29, 1.82) is 0 Å². The van der Waals surface area contributed by atoms with Crippen LogP contribution in [0.2, 0.25) is 0 Å². The van der Waals surface area contributed by atoms with Crippen molar-refractivity contribution in [2.45, 2.75) is 25.2 Å². The predicted molar refractivity (Wildman–Crippen MR) is 63.3 cm³/mol. The molecule has 1 N–H and O–H groups in total. The predicted octanol–water partition coefficient (Wildman–Crippen LogP) is 1.66. The fraction of sp³-hybridized carbons (Fsp3) is 0.583. The van der Waals surface area contributed by atoms with E-state index in [-0.39, 0.29) is 17.8 Å². The maximum Gasteiger partial charge on any atom is 0.418 e. The van der Waals surface area contributed by atoms with Gasteiger partial charge < -0.3 is 15.0 Å². The maximum absolute atomic E-state index is 12.6. The van der Waals surface area contributed by atoms with Gasteiger partial charge in [-0.15, -0.1) is 0 Å². The first-order valence-electron chi connectivity index (χ1n) is 6.15. The van der Waals surface area contributed by atoms with Crippen molar-refractivity contribution in [2.24, 2.45) is 0 Å². The van der Waals surface area contributed by atoms with Gasteiger partial charge in [-0.1, -0.05) is 0 Å². The third-order valence-electron chi connectivity index (χ3n) is 3.48. The molecule has 0 aliphatic carbocycles. The Labute approximate surface area is 108 Å². The van der Waals surface area contributed by atoms with Gasteiger partial charge in [0.2, 0.25) is 0 Å². The van der Waals surface area contributed by atoms with Crippen molar-refractivity contribution in [2.75, 3.05) is 24.6 Å². The molecule has 1 saturated heterocycles. The number of piperazine rings is 1. The first-order valence-corrected chi connectivity index (χ1v) is 6.15. The number of rotatable bonds is 0. The van der Waals surface area contributed by atoms with Gasteiger partial charge in [-0.3, -0.25) is 0 Å². The minimum atomic E-state index is -4.39. The molecule has 7 heteroatoms. The van der Waals surface area contributed by atoms with Crippen molar-refractivity contribution in [1.82, 2.24) is 10.3 Å². The summed E-state index contributed by atoms with van der Waals surface area (Å²) in [6.45, 7) is 3.90. The molecule has 1 aromatic heterocycles. The second kappa shape index (κ2) is 4.26. The van der Waals surface area contributed by atoms with E-state index in [0.717, 1.165) is 25.4 Å². The van der Waals surface area contributed by atoms with Gasteiger partial charge in [0.15, 0.2) is 11.6 Å². The van der Waals surface area contributed by atoms with Crippen LogP contribution in [-0.4, -0.2) is 36.8 Å². The Morgan fingerprint density at radius 3 is 3.00 bits per heavy atom. The normalized spacial score (nSPS) is 26.4. The minimum Gasteiger partial charge on any atom is -0.487 e. The third-order valence-corrected chi connectivity index (χ3v) is 3.48. The zero-order chi connectivity index (χ0) is 13.6. The van der Waals surface area contributed by atoms with Gasteiger partial charge in [0.25, 0.3) is 0 Å². The summed E-state index contributed by atoms with van der Waals surface area (Å²) in [5.41, 5.74) is -0.770. The van der Waals surface area contributed by atoms with Crippen molar-refractivity contribution in [3.8, 4) is 5.75 Å². The number of pyridine rings is 1. The van der Waals surface area contributed by atoms with Gasteiger partial charge in [0.1, 0.15) is 6.61 Å². The lowest BCUT2D eigenvalue weighted by molar-refractivity contribution is -0.138. The van der Waals surface area contributed by atoms with Crippen molar-refractivity contribution in [3.63, 3.8) is 0 Å². The molecule has 104 valence electrons. The molecular formula is C12H14F3N3O. The van der Waals surface area contributed by atoms with Gasteiger partial charge in [-0.25, -0.2) is 4.98 Å². The number of hydrogen-bond donors (Lipinski definition) is 1. The van der Waals surface area contributed by atoms with Crippen molar-refractivity contribution >= 4 is 5.82 Å². The van der Waals surface area contributed by atoms with Crippen LogP contribution >= 0.6 is 0 Å². The van der Waals surface area contributed by atoms with Crippen molar-refractivity contribution < 1.29 is 17.9 Å². The average Bonchev–Trinajstić information content (AvgIpc) is 2.36. The van der Waals surface area contributed by atoms with Crippen LogP contribution in [0.3, 0.4) is 0 Å². The molecule has 0 bridgehead atoms. The summed E-state index contributed by atoms with van der Waals surface area (Å²) in [7, 11) is 0. The number of halogens is 3. The van der Waals surface area contributed by atoms with E-state index in [1.165, 1.54) is 0 Å². The number of anilines is 1. The minimum absolute atomic E-state index is 0.132. The maximum atomic E-state index is 12.6. The number of alkyl halides is 3. The largest absolute Gasteiger partial charge is 0.487 e. The highest BCUT2D eigenvalue weighted by molar-refractivity contribution is 5.57. The van der Waals surface area contributed by atoms with Gasteiger partial charge >= 0.3 is 6.18 Å². The molecule has 3 heterocycles. The Hall–Kier alpha value is -1.50. The molecule has 2 aliphatic rings.